The molecule has 4 aromatic rings. The maximum absolute atomic E-state index is 14.4. The maximum Gasteiger partial charge on any atom is 0.276 e. The highest BCUT2D eigenvalue weighted by molar-refractivity contribution is 7.92. The van der Waals surface area contributed by atoms with Crippen molar-refractivity contribution < 1.29 is 22.4 Å². The number of pyridine rings is 1. The standard InChI is InChI=1S/C31H27FN4O4S2/c1-19-6-4-8-22(32)27(19)34-29(37)25-14-20-12-13-36(24-10-3-2-7-21(24)28(20)41-25)30(38)23-9-5-11-26(33-23)35-15-31(16-35)17-42(39,40)18-31/h2-11,14H,12-13,15-18H2,1H3,(H,34,37). The monoisotopic (exact) mass is 602 g/mol. The molecule has 2 aromatic carbocycles. The Bertz CT molecular complexity index is 1850. The molecule has 5 heterocycles. The Kier molecular flexibility index (Phi) is 6.21. The number of halogens is 1. The number of benzene rings is 2. The van der Waals surface area contributed by atoms with Gasteiger partial charge in [-0.05, 0) is 54.8 Å². The number of carbonyl (C=O) groups is 2. The van der Waals surface area contributed by atoms with Crippen molar-refractivity contribution in [3.05, 3.63) is 94.2 Å². The van der Waals surface area contributed by atoms with E-state index in [1.807, 2.05) is 41.3 Å². The number of hydrogen-bond acceptors (Lipinski definition) is 7. The highest BCUT2D eigenvalue weighted by Gasteiger charge is 2.56. The molecule has 42 heavy (non-hydrogen) atoms. The van der Waals surface area contributed by atoms with Gasteiger partial charge in [0.2, 0.25) is 0 Å². The summed E-state index contributed by atoms with van der Waals surface area (Å²) in [5, 5.41) is 2.72. The van der Waals surface area contributed by atoms with Crippen LogP contribution in [0.15, 0.2) is 66.7 Å². The summed E-state index contributed by atoms with van der Waals surface area (Å²) < 4.78 is 37.7. The normalized spacial score (nSPS) is 17.9. The zero-order chi connectivity index (χ0) is 29.2. The van der Waals surface area contributed by atoms with Gasteiger partial charge < -0.3 is 15.1 Å². The fourth-order valence-corrected chi connectivity index (χ4v) is 9.53. The van der Waals surface area contributed by atoms with Crippen LogP contribution in [0.5, 0.6) is 0 Å². The van der Waals surface area contributed by atoms with Gasteiger partial charge in [0.05, 0.1) is 27.8 Å². The Balaban J connectivity index is 1.14. The number of rotatable bonds is 4. The van der Waals surface area contributed by atoms with E-state index in [1.54, 1.807) is 36.1 Å². The Labute approximate surface area is 246 Å². The first-order chi connectivity index (χ1) is 20.1. The van der Waals surface area contributed by atoms with Crippen molar-refractivity contribution in [1.82, 2.24) is 4.98 Å². The third-order valence-electron chi connectivity index (χ3n) is 8.16. The second kappa shape index (κ2) is 9.74. The molecule has 2 aromatic heterocycles. The predicted octanol–water partition coefficient (Wildman–Crippen LogP) is 4.95. The molecule has 0 atom stereocenters. The van der Waals surface area contributed by atoms with Gasteiger partial charge in [-0.3, -0.25) is 9.59 Å². The van der Waals surface area contributed by atoms with Crippen LogP contribution in [-0.4, -0.2) is 56.4 Å². The van der Waals surface area contributed by atoms with E-state index in [2.05, 4.69) is 10.3 Å². The lowest BCUT2D eigenvalue weighted by Gasteiger charge is -2.55. The maximum atomic E-state index is 14.4. The van der Waals surface area contributed by atoms with Crippen molar-refractivity contribution in [2.24, 2.45) is 5.41 Å². The number of aromatic nitrogens is 1. The summed E-state index contributed by atoms with van der Waals surface area (Å²) in [7, 11) is -2.91. The molecule has 7 rings (SSSR count). The smallest absolute Gasteiger partial charge is 0.276 e. The van der Waals surface area contributed by atoms with Crippen molar-refractivity contribution in [3.63, 3.8) is 0 Å². The molecule has 1 spiro atoms. The second-order valence-electron chi connectivity index (χ2n) is 11.3. The molecule has 0 saturated carbocycles. The van der Waals surface area contributed by atoms with Gasteiger partial charge in [0.1, 0.15) is 17.3 Å². The van der Waals surface area contributed by atoms with E-state index < -0.39 is 15.7 Å². The third-order valence-corrected chi connectivity index (χ3v) is 11.5. The lowest BCUT2D eigenvalue weighted by molar-refractivity contribution is 0.0981. The number of fused-ring (bicyclic) bond motifs is 3. The highest BCUT2D eigenvalue weighted by Crippen LogP contribution is 2.44. The third kappa shape index (κ3) is 4.57. The molecular formula is C31H27FN4O4S2. The topological polar surface area (TPSA) is 99.7 Å². The van der Waals surface area contributed by atoms with Crippen LogP contribution in [-0.2, 0) is 16.3 Å². The fraction of sp³-hybridized carbons (Fsp3) is 0.258. The van der Waals surface area contributed by atoms with Gasteiger partial charge in [-0.1, -0.05) is 36.4 Å². The highest BCUT2D eigenvalue weighted by atomic mass is 32.2. The first kappa shape index (κ1) is 26.8. The molecule has 3 aliphatic heterocycles. The number of nitrogens with one attached hydrogen (secondary N) is 1. The summed E-state index contributed by atoms with van der Waals surface area (Å²) in [6, 6.07) is 19.5. The van der Waals surface area contributed by atoms with Crippen LogP contribution in [0.4, 0.5) is 21.6 Å². The molecule has 2 amide bonds. The number of para-hydroxylation sites is 2. The van der Waals surface area contributed by atoms with Gasteiger partial charge >= 0.3 is 0 Å². The summed E-state index contributed by atoms with van der Waals surface area (Å²) in [6.45, 7) is 3.38. The van der Waals surface area contributed by atoms with E-state index in [-0.39, 0.29) is 34.4 Å². The molecule has 0 unspecified atom stereocenters. The molecule has 2 saturated heterocycles. The Hall–Kier alpha value is -4.09. The van der Waals surface area contributed by atoms with Gasteiger partial charge in [-0.15, -0.1) is 11.3 Å². The van der Waals surface area contributed by atoms with Crippen LogP contribution < -0.4 is 15.1 Å². The van der Waals surface area contributed by atoms with Crippen LogP contribution in [0, 0.1) is 18.2 Å². The van der Waals surface area contributed by atoms with Crippen LogP contribution >= 0.6 is 11.3 Å². The number of thiophene rings is 1. The molecular weight excluding hydrogens is 575 g/mol. The van der Waals surface area contributed by atoms with Gasteiger partial charge in [0.25, 0.3) is 11.8 Å². The quantitative estimate of drug-likeness (QED) is 0.355. The number of nitrogens with zero attached hydrogens (tertiary/aromatic N) is 3. The summed E-state index contributed by atoms with van der Waals surface area (Å²) >= 11 is 1.33. The SMILES string of the molecule is Cc1cccc(F)c1NC(=O)c1cc2c(s1)-c1ccccc1N(C(=O)c1cccc(N3CC4(C3)CS(=O)(=O)C4)n1)CC2. The molecule has 2 fully saturated rings. The van der Waals surface area contributed by atoms with Crippen molar-refractivity contribution in [2.45, 2.75) is 13.3 Å². The van der Waals surface area contributed by atoms with Gasteiger partial charge in [-0.25, -0.2) is 17.8 Å². The van der Waals surface area contributed by atoms with Crippen molar-refractivity contribution >= 4 is 50.2 Å². The van der Waals surface area contributed by atoms with Crippen molar-refractivity contribution in [3.8, 4) is 10.4 Å². The Morgan fingerprint density at radius 3 is 2.55 bits per heavy atom. The molecule has 0 aliphatic carbocycles. The van der Waals surface area contributed by atoms with Crippen LogP contribution in [0.25, 0.3) is 10.4 Å². The van der Waals surface area contributed by atoms with E-state index in [4.69, 9.17) is 0 Å². The van der Waals surface area contributed by atoms with E-state index in [0.29, 0.717) is 48.0 Å². The number of amides is 2. The minimum Gasteiger partial charge on any atom is -0.355 e. The van der Waals surface area contributed by atoms with Crippen molar-refractivity contribution in [1.29, 1.82) is 0 Å². The van der Waals surface area contributed by atoms with Gasteiger partial charge in [0.15, 0.2) is 9.84 Å². The predicted molar refractivity (Wildman–Crippen MR) is 162 cm³/mol. The Morgan fingerprint density at radius 2 is 1.79 bits per heavy atom. The van der Waals surface area contributed by atoms with Gasteiger partial charge in [0, 0.05) is 35.5 Å². The van der Waals surface area contributed by atoms with Crippen molar-refractivity contribution in [2.75, 3.05) is 46.3 Å². The summed E-state index contributed by atoms with van der Waals surface area (Å²) in [6.07, 6.45) is 0.529. The summed E-state index contributed by atoms with van der Waals surface area (Å²) in [5.41, 5.74) is 3.47. The van der Waals surface area contributed by atoms with Crippen LogP contribution in [0.1, 0.15) is 31.3 Å². The molecule has 1 N–H and O–H groups in total. The zero-order valence-electron chi connectivity index (χ0n) is 22.8. The molecule has 8 nitrogen and oxygen atoms in total. The van der Waals surface area contributed by atoms with E-state index in [1.165, 1.54) is 17.4 Å². The molecule has 3 aliphatic rings. The van der Waals surface area contributed by atoms with Crippen LogP contribution in [0.3, 0.4) is 0 Å². The fourth-order valence-electron chi connectivity index (χ4n) is 6.24. The van der Waals surface area contributed by atoms with E-state index >= 15 is 0 Å². The molecule has 0 radical (unpaired) electrons. The number of anilines is 3. The molecule has 0 bridgehead atoms. The average Bonchev–Trinajstić information content (AvgIpc) is 3.30. The van der Waals surface area contributed by atoms with Crippen LogP contribution in [0.2, 0.25) is 0 Å². The first-order valence-electron chi connectivity index (χ1n) is 13.6. The summed E-state index contributed by atoms with van der Waals surface area (Å²) in [5.74, 6) is 0.0159. The Morgan fingerprint density at radius 1 is 1.02 bits per heavy atom. The zero-order valence-corrected chi connectivity index (χ0v) is 24.4. The van der Waals surface area contributed by atoms with E-state index in [0.717, 1.165) is 21.7 Å². The number of hydrogen-bond donors (Lipinski definition) is 1. The minimum atomic E-state index is -2.91. The van der Waals surface area contributed by atoms with E-state index in [9.17, 15) is 22.4 Å². The minimum absolute atomic E-state index is 0.170. The summed E-state index contributed by atoms with van der Waals surface area (Å²) in [4.78, 5) is 36.8. The largest absolute Gasteiger partial charge is 0.355 e. The second-order valence-corrected chi connectivity index (χ2v) is 14.5. The number of sulfone groups is 1. The number of aryl methyl sites for hydroxylation is 1. The molecule has 11 heteroatoms. The lowest BCUT2D eigenvalue weighted by atomic mass is 9.83. The lowest BCUT2D eigenvalue weighted by Crippen LogP contribution is -2.68. The van der Waals surface area contributed by atoms with Gasteiger partial charge in [-0.2, -0.15) is 0 Å². The number of carbonyl (C=O) groups excluding carboxylic acids is 2. The molecule has 214 valence electrons. The average molecular weight is 603 g/mol. The first-order valence-corrected chi connectivity index (χ1v) is 16.3.